The smallest absolute Gasteiger partial charge is 0.0917 e. The molecular formula is C12H12N2. The molecule has 0 unspecified atom stereocenters. The van der Waals surface area contributed by atoms with Gasteiger partial charge in [-0.25, -0.2) is 0 Å². The molecule has 0 N–H and O–H groups in total. The van der Waals surface area contributed by atoms with Crippen LogP contribution >= 0.6 is 0 Å². The van der Waals surface area contributed by atoms with Gasteiger partial charge in [0.2, 0.25) is 0 Å². The first-order valence-electron chi connectivity index (χ1n) is 4.77. The number of hydrogen-bond acceptors (Lipinski definition) is 2. The summed E-state index contributed by atoms with van der Waals surface area (Å²) in [5.41, 5.74) is 3.19. The number of rotatable bonds is 2. The summed E-state index contributed by atoms with van der Waals surface area (Å²) in [6, 6.07) is 9.94. The molecule has 0 saturated heterocycles. The Morgan fingerprint density at radius 3 is 2.57 bits per heavy atom. The number of hydrogen-bond donors (Lipinski definition) is 0. The van der Waals surface area contributed by atoms with E-state index in [0.717, 1.165) is 17.8 Å². The maximum atomic E-state index is 4.36. The summed E-state index contributed by atoms with van der Waals surface area (Å²) in [5, 5.41) is 0. The topological polar surface area (TPSA) is 25.8 Å². The van der Waals surface area contributed by atoms with Gasteiger partial charge in [0.1, 0.15) is 0 Å². The summed E-state index contributed by atoms with van der Waals surface area (Å²) >= 11 is 0. The third-order valence-corrected chi connectivity index (χ3v) is 2.18. The zero-order valence-corrected chi connectivity index (χ0v) is 8.14. The molecule has 2 heteroatoms. The average molecular weight is 184 g/mol. The highest BCUT2D eigenvalue weighted by Crippen LogP contribution is 2.18. The summed E-state index contributed by atoms with van der Waals surface area (Å²) in [5.74, 6) is 0. The lowest BCUT2D eigenvalue weighted by atomic mass is 10.1. The lowest BCUT2D eigenvalue weighted by Crippen LogP contribution is -1.92. The van der Waals surface area contributed by atoms with E-state index in [9.17, 15) is 0 Å². The van der Waals surface area contributed by atoms with E-state index in [4.69, 9.17) is 0 Å². The Morgan fingerprint density at radius 2 is 1.86 bits per heavy atom. The quantitative estimate of drug-likeness (QED) is 0.717. The van der Waals surface area contributed by atoms with Gasteiger partial charge in [-0.05, 0) is 30.2 Å². The van der Waals surface area contributed by atoms with Gasteiger partial charge in [0.25, 0.3) is 0 Å². The van der Waals surface area contributed by atoms with Crippen molar-refractivity contribution in [1.29, 1.82) is 0 Å². The molecule has 2 aromatic heterocycles. The molecule has 0 aliphatic rings. The van der Waals surface area contributed by atoms with Crippen LogP contribution < -0.4 is 0 Å². The van der Waals surface area contributed by atoms with Crippen molar-refractivity contribution >= 4 is 0 Å². The van der Waals surface area contributed by atoms with Crippen LogP contribution in [-0.2, 0) is 6.42 Å². The third kappa shape index (κ3) is 1.64. The van der Waals surface area contributed by atoms with Crippen molar-refractivity contribution in [1.82, 2.24) is 9.97 Å². The molecule has 0 atom stereocenters. The van der Waals surface area contributed by atoms with Crippen molar-refractivity contribution < 1.29 is 0 Å². The molecule has 0 bridgehead atoms. The maximum Gasteiger partial charge on any atom is 0.0917 e. The van der Waals surface area contributed by atoms with Gasteiger partial charge in [0, 0.05) is 12.4 Å². The van der Waals surface area contributed by atoms with E-state index in [1.54, 1.807) is 6.20 Å². The van der Waals surface area contributed by atoms with Crippen LogP contribution in [0.2, 0.25) is 0 Å². The molecule has 0 saturated carbocycles. The molecule has 14 heavy (non-hydrogen) atoms. The number of aromatic nitrogens is 2. The standard InChI is InChI=1S/C12H12N2/c1-2-10-6-5-9-14-12(10)11-7-3-4-8-13-11/h3-9H,2H2,1H3. The first-order chi connectivity index (χ1) is 6.92. The lowest BCUT2D eigenvalue weighted by Gasteiger charge is -2.04. The number of pyridine rings is 2. The molecule has 0 radical (unpaired) electrons. The second kappa shape index (κ2) is 4.01. The minimum absolute atomic E-state index is 0.949. The van der Waals surface area contributed by atoms with Crippen LogP contribution in [0.15, 0.2) is 42.7 Å². The van der Waals surface area contributed by atoms with E-state index in [1.165, 1.54) is 5.56 Å². The predicted octanol–water partition coefficient (Wildman–Crippen LogP) is 2.71. The zero-order valence-electron chi connectivity index (χ0n) is 8.14. The van der Waals surface area contributed by atoms with Crippen molar-refractivity contribution in [3.63, 3.8) is 0 Å². The summed E-state index contributed by atoms with van der Waals surface area (Å²) < 4.78 is 0. The summed E-state index contributed by atoms with van der Waals surface area (Å²) in [6.07, 6.45) is 4.59. The predicted molar refractivity (Wildman–Crippen MR) is 56.8 cm³/mol. The molecule has 0 spiro atoms. The van der Waals surface area contributed by atoms with Gasteiger partial charge < -0.3 is 0 Å². The van der Waals surface area contributed by atoms with Gasteiger partial charge in [-0.15, -0.1) is 0 Å². The molecule has 2 heterocycles. The fourth-order valence-electron chi connectivity index (χ4n) is 1.46. The summed E-state index contributed by atoms with van der Waals surface area (Å²) in [4.78, 5) is 8.65. The fraction of sp³-hybridized carbons (Fsp3) is 0.167. The first kappa shape index (κ1) is 8.88. The maximum absolute atomic E-state index is 4.36. The molecule has 0 aromatic carbocycles. The van der Waals surface area contributed by atoms with Crippen molar-refractivity contribution in [2.75, 3.05) is 0 Å². The Bertz CT molecular complexity index is 410. The van der Waals surface area contributed by atoms with Crippen molar-refractivity contribution in [3.8, 4) is 11.4 Å². The van der Waals surface area contributed by atoms with Crippen LogP contribution in [0, 0.1) is 0 Å². The minimum atomic E-state index is 0.949. The molecule has 0 aliphatic carbocycles. The van der Waals surface area contributed by atoms with E-state index in [1.807, 2.05) is 30.5 Å². The van der Waals surface area contributed by atoms with E-state index in [-0.39, 0.29) is 0 Å². The average Bonchev–Trinajstić information content (AvgIpc) is 2.30. The summed E-state index contributed by atoms with van der Waals surface area (Å²) in [7, 11) is 0. The highest BCUT2D eigenvalue weighted by atomic mass is 14.8. The Morgan fingerprint density at radius 1 is 1.00 bits per heavy atom. The van der Waals surface area contributed by atoms with Gasteiger partial charge in [0.15, 0.2) is 0 Å². The highest BCUT2D eigenvalue weighted by molar-refractivity contribution is 5.58. The molecule has 2 rings (SSSR count). The van der Waals surface area contributed by atoms with Crippen LogP contribution in [0.4, 0.5) is 0 Å². The van der Waals surface area contributed by atoms with Crippen LogP contribution in [0.1, 0.15) is 12.5 Å². The second-order valence-corrected chi connectivity index (χ2v) is 3.08. The van der Waals surface area contributed by atoms with Crippen LogP contribution in [0.3, 0.4) is 0 Å². The largest absolute Gasteiger partial charge is 0.255 e. The number of aryl methyl sites for hydroxylation is 1. The molecular weight excluding hydrogens is 172 g/mol. The van der Waals surface area contributed by atoms with Gasteiger partial charge in [-0.2, -0.15) is 0 Å². The Hall–Kier alpha value is -1.70. The Labute approximate surface area is 83.7 Å². The van der Waals surface area contributed by atoms with Crippen LogP contribution in [0.25, 0.3) is 11.4 Å². The fourth-order valence-corrected chi connectivity index (χ4v) is 1.46. The van der Waals surface area contributed by atoms with Gasteiger partial charge in [-0.3, -0.25) is 9.97 Å². The van der Waals surface area contributed by atoms with Crippen molar-refractivity contribution in [3.05, 3.63) is 48.3 Å². The second-order valence-electron chi connectivity index (χ2n) is 3.08. The van der Waals surface area contributed by atoms with E-state index < -0.39 is 0 Å². The van der Waals surface area contributed by atoms with E-state index in [0.29, 0.717) is 0 Å². The third-order valence-electron chi connectivity index (χ3n) is 2.18. The SMILES string of the molecule is CCc1cccnc1-c1ccccn1. The van der Waals surface area contributed by atoms with Crippen LogP contribution in [0.5, 0.6) is 0 Å². The number of nitrogens with zero attached hydrogens (tertiary/aromatic N) is 2. The van der Waals surface area contributed by atoms with Gasteiger partial charge in [-0.1, -0.05) is 19.1 Å². The van der Waals surface area contributed by atoms with Crippen LogP contribution in [-0.4, -0.2) is 9.97 Å². The van der Waals surface area contributed by atoms with E-state index >= 15 is 0 Å². The Balaban J connectivity index is 2.51. The molecule has 2 aromatic rings. The first-order valence-corrected chi connectivity index (χ1v) is 4.77. The highest BCUT2D eigenvalue weighted by Gasteiger charge is 2.03. The molecule has 0 amide bonds. The molecule has 0 fully saturated rings. The monoisotopic (exact) mass is 184 g/mol. The summed E-state index contributed by atoms with van der Waals surface area (Å²) in [6.45, 7) is 2.13. The van der Waals surface area contributed by atoms with Gasteiger partial charge >= 0.3 is 0 Å². The van der Waals surface area contributed by atoms with Crippen molar-refractivity contribution in [2.24, 2.45) is 0 Å². The normalized spacial score (nSPS) is 10.1. The lowest BCUT2D eigenvalue weighted by molar-refractivity contribution is 1.10. The molecule has 2 nitrogen and oxygen atoms in total. The molecule has 70 valence electrons. The van der Waals surface area contributed by atoms with E-state index in [2.05, 4.69) is 23.0 Å². The molecule has 0 aliphatic heterocycles. The van der Waals surface area contributed by atoms with Crippen molar-refractivity contribution in [2.45, 2.75) is 13.3 Å². The minimum Gasteiger partial charge on any atom is -0.255 e. The van der Waals surface area contributed by atoms with Gasteiger partial charge in [0.05, 0.1) is 11.4 Å². The Kier molecular flexibility index (Phi) is 2.54. The zero-order chi connectivity index (χ0) is 9.80.